The maximum atomic E-state index is 10.6. The van der Waals surface area contributed by atoms with Gasteiger partial charge in [-0.15, -0.1) is 0 Å². The number of nitrogen functional groups attached to an aromatic ring is 1. The first-order valence-corrected chi connectivity index (χ1v) is 4.59. The third kappa shape index (κ3) is 2.50. The molecule has 0 saturated heterocycles. The molecule has 4 nitrogen and oxygen atoms in total. The average Bonchev–Trinajstić information content (AvgIpc) is 2.14. The van der Waals surface area contributed by atoms with Crippen LogP contribution >= 0.6 is 12.6 Å². The first-order chi connectivity index (χ1) is 6.65. The molecule has 0 heterocycles. The first kappa shape index (κ1) is 10.6. The van der Waals surface area contributed by atoms with E-state index in [0.717, 1.165) is 0 Å². The van der Waals surface area contributed by atoms with Gasteiger partial charge in [0.15, 0.2) is 0 Å². The molecule has 1 aromatic rings. The standard InChI is InChI=1S/C9H10N2O2S/c10-8-3-4-9(11(12)13)7(6-8)2-1-5-14/h1-4,6,14H,5,10H2. The van der Waals surface area contributed by atoms with Gasteiger partial charge in [-0.2, -0.15) is 12.6 Å². The molecule has 74 valence electrons. The van der Waals surface area contributed by atoms with Crippen LogP contribution in [0.1, 0.15) is 5.56 Å². The molecule has 14 heavy (non-hydrogen) atoms. The van der Waals surface area contributed by atoms with E-state index in [1.807, 2.05) is 0 Å². The zero-order valence-corrected chi connectivity index (χ0v) is 8.28. The van der Waals surface area contributed by atoms with Crippen LogP contribution in [0.15, 0.2) is 24.3 Å². The number of benzene rings is 1. The summed E-state index contributed by atoms with van der Waals surface area (Å²) < 4.78 is 0. The van der Waals surface area contributed by atoms with Crippen LogP contribution in [0.2, 0.25) is 0 Å². The summed E-state index contributed by atoms with van der Waals surface area (Å²) in [5.74, 6) is 0.534. The highest BCUT2D eigenvalue weighted by molar-refractivity contribution is 7.80. The van der Waals surface area contributed by atoms with Crippen molar-refractivity contribution in [2.24, 2.45) is 0 Å². The minimum Gasteiger partial charge on any atom is -0.399 e. The summed E-state index contributed by atoms with van der Waals surface area (Å²) in [4.78, 5) is 10.2. The summed E-state index contributed by atoms with van der Waals surface area (Å²) in [5.41, 5.74) is 6.59. The molecule has 0 aliphatic rings. The molecule has 1 aromatic carbocycles. The summed E-state index contributed by atoms with van der Waals surface area (Å²) >= 11 is 3.97. The number of nitro groups is 1. The van der Waals surface area contributed by atoms with Crippen LogP contribution in [0.5, 0.6) is 0 Å². The number of thiol groups is 1. The smallest absolute Gasteiger partial charge is 0.276 e. The van der Waals surface area contributed by atoms with Crippen LogP contribution in [-0.2, 0) is 0 Å². The first-order valence-electron chi connectivity index (χ1n) is 3.96. The lowest BCUT2D eigenvalue weighted by molar-refractivity contribution is -0.385. The zero-order chi connectivity index (χ0) is 10.6. The maximum absolute atomic E-state index is 10.6. The lowest BCUT2D eigenvalue weighted by Crippen LogP contribution is -1.93. The highest BCUT2D eigenvalue weighted by Crippen LogP contribution is 2.22. The summed E-state index contributed by atoms with van der Waals surface area (Å²) in [7, 11) is 0. The number of hydrogen-bond acceptors (Lipinski definition) is 4. The van der Waals surface area contributed by atoms with Gasteiger partial charge >= 0.3 is 0 Å². The molecule has 0 bridgehead atoms. The second kappa shape index (κ2) is 4.66. The lowest BCUT2D eigenvalue weighted by Gasteiger charge is -1.98. The molecule has 5 heteroatoms. The topological polar surface area (TPSA) is 69.2 Å². The van der Waals surface area contributed by atoms with Crippen molar-refractivity contribution in [3.05, 3.63) is 40.0 Å². The van der Waals surface area contributed by atoms with Crippen molar-refractivity contribution in [1.82, 2.24) is 0 Å². The summed E-state index contributed by atoms with van der Waals surface area (Å²) in [6.45, 7) is 0. The van der Waals surface area contributed by atoms with Crippen LogP contribution in [0, 0.1) is 10.1 Å². The molecular weight excluding hydrogens is 200 g/mol. The summed E-state index contributed by atoms with van der Waals surface area (Å²) in [6.07, 6.45) is 3.37. The fourth-order valence-electron chi connectivity index (χ4n) is 1.05. The van der Waals surface area contributed by atoms with E-state index in [-0.39, 0.29) is 5.69 Å². The van der Waals surface area contributed by atoms with E-state index in [1.165, 1.54) is 12.1 Å². The van der Waals surface area contributed by atoms with Gasteiger partial charge in [-0.3, -0.25) is 10.1 Å². The number of anilines is 1. The summed E-state index contributed by atoms with van der Waals surface area (Å²) in [5, 5.41) is 10.6. The molecule has 0 aliphatic carbocycles. The van der Waals surface area contributed by atoms with E-state index in [1.54, 1.807) is 18.2 Å². The van der Waals surface area contributed by atoms with Crippen molar-refractivity contribution < 1.29 is 4.92 Å². The summed E-state index contributed by atoms with van der Waals surface area (Å²) in [6, 6.07) is 4.47. The predicted molar refractivity (Wildman–Crippen MR) is 60.4 cm³/mol. The van der Waals surface area contributed by atoms with Crippen molar-refractivity contribution >= 4 is 30.1 Å². The Kier molecular flexibility index (Phi) is 3.53. The molecule has 1 rings (SSSR count). The van der Waals surface area contributed by atoms with Crippen molar-refractivity contribution in [3.63, 3.8) is 0 Å². The number of rotatable bonds is 3. The van der Waals surface area contributed by atoms with Gasteiger partial charge < -0.3 is 5.73 Å². The monoisotopic (exact) mass is 210 g/mol. The van der Waals surface area contributed by atoms with E-state index < -0.39 is 4.92 Å². The largest absolute Gasteiger partial charge is 0.399 e. The normalized spacial score (nSPS) is 10.6. The van der Waals surface area contributed by atoms with E-state index in [4.69, 9.17) is 5.73 Å². The van der Waals surface area contributed by atoms with Crippen molar-refractivity contribution in [2.75, 3.05) is 11.5 Å². The van der Waals surface area contributed by atoms with Crippen LogP contribution in [-0.4, -0.2) is 10.7 Å². The molecule has 0 spiro atoms. The van der Waals surface area contributed by atoms with Gasteiger partial charge in [-0.05, 0) is 12.1 Å². The molecule has 0 aliphatic heterocycles. The van der Waals surface area contributed by atoms with E-state index in [0.29, 0.717) is 17.0 Å². The zero-order valence-electron chi connectivity index (χ0n) is 7.38. The number of nitrogens with zero attached hydrogens (tertiary/aromatic N) is 1. The van der Waals surface area contributed by atoms with E-state index in [9.17, 15) is 10.1 Å². The number of nitro benzene ring substituents is 1. The molecule has 0 amide bonds. The van der Waals surface area contributed by atoms with Gasteiger partial charge in [0.2, 0.25) is 0 Å². The van der Waals surface area contributed by atoms with E-state index in [2.05, 4.69) is 12.6 Å². The number of hydrogen-bond donors (Lipinski definition) is 2. The van der Waals surface area contributed by atoms with Crippen LogP contribution in [0.3, 0.4) is 0 Å². The predicted octanol–water partition coefficient (Wildman–Crippen LogP) is 2.12. The van der Waals surface area contributed by atoms with Crippen molar-refractivity contribution in [2.45, 2.75) is 0 Å². The maximum Gasteiger partial charge on any atom is 0.276 e. The van der Waals surface area contributed by atoms with Gasteiger partial charge in [-0.1, -0.05) is 12.2 Å². The molecule has 0 atom stereocenters. The average molecular weight is 210 g/mol. The Labute approximate surface area is 87.0 Å². The Morgan fingerprint density at radius 1 is 1.57 bits per heavy atom. The Bertz CT molecular complexity index is 377. The minimum absolute atomic E-state index is 0.0530. The third-order valence-electron chi connectivity index (χ3n) is 1.65. The van der Waals surface area contributed by atoms with Crippen LogP contribution in [0.4, 0.5) is 11.4 Å². The van der Waals surface area contributed by atoms with Gasteiger partial charge in [0.05, 0.1) is 10.5 Å². The Morgan fingerprint density at radius 2 is 2.29 bits per heavy atom. The quantitative estimate of drug-likeness (QED) is 0.347. The SMILES string of the molecule is Nc1ccc([N+](=O)[O-])c(C=CCS)c1. The fraction of sp³-hybridized carbons (Fsp3) is 0.111. The molecule has 0 radical (unpaired) electrons. The van der Waals surface area contributed by atoms with Crippen molar-refractivity contribution in [1.29, 1.82) is 0 Å². The molecule has 0 aromatic heterocycles. The highest BCUT2D eigenvalue weighted by Gasteiger charge is 2.10. The Morgan fingerprint density at radius 3 is 2.86 bits per heavy atom. The van der Waals surface area contributed by atoms with E-state index >= 15 is 0 Å². The van der Waals surface area contributed by atoms with Gasteiger partial charge in [-0.25, -0.2) is 0 Å². The second-order valence-electron chi connectivity index (χ2n) is 2.66. The van der Waals surface area contributed by atoms with Gasteiger partial charge in [0.1, 0.15) is 0 Å². The van der Waals surface area contributed by atoms with Crippen LogP contribution in [0.25, 0.3) is 6.08 Å². The molecule has 2 N–H and O–H groups in total. The highest BCUT2D eigenvalue weighted by atomic mass is 32.1. The number of nitrogens with two attached hydrogens (primary N) is 1. The molecular formula is C9H10N2O2S. The second-order valence-corrected chi connectivity index (χ2v) is 3.03. The van der Waals surface area contributed by atoms with Crippen LogP contribution < -0.4 is 5.73 Å². The Balaban J connectivity index is 3.15. The molecule has 0 saturated carbocycles. The minimum atomic E-state index is -0.433. The molecule has 0 fully saturated rings. The van der Waals surface area contributed by atoms with Gasteiger partial charge in [0, 0.05) is 17.5 Å². The Hall–Kier alpha value is -1.49. The van der Waals surface area contributed by atoms with Gasteiger partial charge in [0.25, 0.3) is 5.69 Å². The lowest BCUT2D eigenvalue weighted by atomic mass is 10.1. The van der Waals surface area contributed by atoms with Crippen molar-refractivity contribution in [3.8, 4) is 0 Å². The molecule has 0 unspecified atom stereocenters. The third-order valence-corrected chi connectivity index (χ3v) is 1.86. The fourth-order valence-corrected chi connectivity index (χ4v) is 1.16.